The third-order valence-electron chi connectivity index (χ3n) is 3.98. The molecule has 0 aliphatic heterocycles. The third-order valence-corrected chi connectivity index (χ3v) is 5.70. The maximum atomic E-state index is 3.73. The SMILES string of the molecule is CCNC(Cc1cc(Br)cs1)C1CCCCCC1. The molecule has 0 bridgehead atoms. The Morgan fingerprint density at radius 3 is 2.61 bits per heavy atom. The highest BCUT2D eigenvalue weighted by molar-refractivity contribution is 9.10. The van der Waals surface area contributed by atoms with E-state index < -0.39 is 0 Å². The minimum absolute atomic E-state index is 0.679. The fourth-order valence-electron chi connectivity index (χ4n) is 3.06. The van der Waals surface area contributed by atoms with E-state index in [1.807, 2.05) is 11.3 Å². The number of thiophene rings is 1. The van der Waals surface area contributed by atoms with Crippen molar-refractivity contribution in [3.63, 3.8) is 0 Å². The molecule has 1 aromatic rings. The molecule has 0 radical (unpaired) electrons. The molecule has 1 N–H and O–H groups in total. The zero-order valence-corrected chi connectivity index (χ0v) is 13.7. The lowest BCUT2D eigenvalue weighted by molar-refractivity contribution is 0.323. The monoisotopic (exact) mass is 329 g/mol. The third kappa shape index (κ3) is 4.36. The van der Waals surface area contributed by atoms with Gasteiger partial charge >= 0.3 is 0 Å². The van der Waals surface area contributed by atoms with E-state index in [0.29, 0.717) is 6.04 Å². The molecule has 1 aromatic heterocycles. The van der Waals surface area contributed by atoms with E-state index in [1.165, 1.54) is 54.3 Å². The van der Waals surface area contributed by atoms with Gasteiger partial charge in [0.05, 0.1) is 0 Å². The second-order valence-corrected chi connectivity index (χ2v) is 7.26. The predicted octanol–water partition coefficient (Wildman–Crippen LogP) is 5.00. The first kappa shape index (κ1) is 14.5. The van der Waals surface area contributed by atoms with E-state index in [-0.39, 0.29) is 0 Å². The van der Waals surface area contributed by atoms with Gasteiger partial charge in [-0.15, -0.1) is 11.3 Å². The smallest absolute Gasteiger partial charge is 0.0285 e. The fourth-order valence-corrected chi connectivity index (χ4v) is 4.57. The quantitative estimate of drug-likeness (QED) is 0.749. The van der Waals surface area contributed by atoms with Gasteiger partial charge in [-0.3, -0.25) is 0 Å². The summed E-state index contributed by atoms with van der Waals surface area (Å²) in [5.41, 5.74) is 0. The van der Waals surface area contributed by atoms with Crippen molar-refractivity contribution in [3.05, 3.63) is 20.8 Å². The summed E-state index contributed by atoms with van der Waals surface area (Å²) in [6.07, 6.45) is 9.80. The summed E-state index contributed by atoms with van der Waals surface area (Å²) in [4.78, 5) is 1.51. The first-order chi connectivity index (χ1) is 8.79. The van der Waals surface area contributed by atoms with E-state index in [9.17, 15) is 0 Å². The summed E-state index contributed by atoms with van der Waals surface area (Å²) in [7, 11) is 0. The first-order valence-corrected chi connectivity index (χ1v) is 8.93. The Bertz CT molecular complexity index is 342. The number of rotatable bonds is 5. The number of likely N-dealkylation sites (N-methyl/N-ethyl adjacent to an activating group) is 1. The molecule has 1 fully saturated rings. The molecule has 1 aliphatic carbocycles. The number of hydrogen-bond acceptors (Lipinski definition) is 2. The molecule has 102 valence electrons. The summed E-state index contributed by atoms with van der Waals surface area (Å²) in [6, 6.07) is 2.96. The molecule has 0 aromatic carbocycles. The zero-order chi connectivity index (χ0) is 12.8. The van der Waals surface area contributed by atoms with Crippen LogP contribution in [0.3, 0.4) is 0 Å². The highest BCUT2D eigenvalue weighted by Crippen LogP contribution is 2.29. The van der Waals surface area contributed by atoms with E-state index >= 15 is 0 Å². The average Bonchev–Trinajstić information content (AvgIpc) is 2.63. The van der Waals surface area contributed by atoms with Gasteiger partial charge in [0.15, 0.2) is 0 Å². The van der Waals surface area contributed by atoms with Crippen LogP contribution < -0.4 is 5.32 Å². The van der Waals surface area contributed by atoms with Crippen LogP contribution in [0.2, 0.25) is 0 Å². The van der Waals surface area contributed by atoms with Crippen molar-refractivity contribution in [3.8, 4) is 0 Å². The zero-order valence-electron chi connectivity index (χ0n) is 11.3. The van der Waals surface area contributed by atoms with Gasteiger partial charge in [-0.1, -0.05) is 32.6 Å². The summed E-state index contributed by atoms with van der Waals surface area (Å²) in [5, 5.41) is 5.93. The molecule has 0 amide bonds. The minimum atomic E-state index is 0.679. The van der Waals surface area contributed by atoms with Crippen LogP contribution in [-0.2, 0) is 6.42 Å². The average molecular weight is 330 g/mol. The normalized spacial score (nSPS) is 19.7. The van der Waals surface area contributed by atoms with Crippen molar-refractivity contribution in [2.24, 2.45) is 5.92 Å². The standard InChI is InChI=1S/C15H24BrNS/c1-2-17-15(10-14-9-13(16)11-18-14)12-7-5-3-4-6-8-12/h9,11-12,15,17H,2-8,10H2,1H3. The number of hydrogen-bond donors (Lipinski definition) is 1. The van der Waals surface area contributed by atoms with E-state index in [1.54, 1.807) is 0 Å². The second kappa shape index (κ2) is 7.66. The van der Waals surface area contributed by atoms with Crippen molar-refractivity contribution in [1.29, 1.82) is 0 Å². The largest absolute Gasteiger partial charge is 0.314 e. The molecule has 1 atom stereocenters. The Morgan fingerprint density at radius 2 is 2.06 bits per heavy atom. The topological polar surface area (TPSA) is 12.0 Å². The molecule has 1 nitrogen and oxygen atoms in total. The Balaban J connectivity index is 1.97. The lowest BCUT2D eigenvalue weighted by atomic mass is 9.89. The van der Waals surface area contributed by atoms with Crippen LogP contribution in [0.15, 0.2) is 15.9 Å². The predicted molar refractivity (Wildman–Crippen MR) is 84.4 cm³/mol. The Kier molecular flexibility index (Phi) is 6.19. The Morgan fingerprint density at radius 1 is 1.33 bits per heavy atom. The van der Waals surface area contributed by atoms with Crippen LogP contribution in [0.5, 0.6) is 0 Å². The van der Waals surface area contributed by atoms with Crippen LogP contribution in [0.25, 0.3) is 0 Å². The van der Waals surface area contributed by atoms with Gasteiger partial charge in [-0.2, -0.15) is 0 Å². The molecule has 3 heteroatoms. The summed E-state index contributed by atoms with van der Waals surface area (Å²) in [5.74, 6) is 0.883. The molecular weight excluding hydrogens is 306 g/mol. The number of halogens is 1. The maximum Gasteiger partial charge on any atom is 0.0285 e. The molecule has 1 aliphatic rings. The van der Waals surface area contributed by atoms with Gasteiger partial charge in [0.2, 0.25) is 0 Å². The molecule has 0 spiro atoms. The summed E-state index contributed by atoms with van der Waals surface area (Å²) < 4.78 is 1.23. The van der Waals surface area contributed by atoms with Crippen molar-refractivity contribution in [2.75, 3.05) is 6.54 Å². The number of nitrogens with one attached hydrogen (secondary N) is 1. The summed E-state index contributed by atoms with van der Waals surface area (Å²) in [6.45, 7) is 3.32. The van der Waals surface area contributed by atoms with Gasteiger partial charge in [0, 0.05) is 20.8 Å². The van der Waals surface area contributed by atoms with Gasteiger partial charge in [-0.05, 0) is 53.7 Å². The van der Waals surface area contributed by atoms with Crippen LogP contribution in [0, 0.1) is 5.92 Å². The highest BCUT2D eigenvalue weighted by Gasteiger charge is 2.22. The first-order valence-electron chi connectivity index (χ1n) is 7.26. The molecular formula is C15H24BrNS. The lowest BCUT2D eigenvalue weighted by Gasteiger charge is -2.26. The van der Waals surface area contributed by atoms with E-state index in [4.69, 9.17) is 0 Å². The Hall–Kier alpha value is 0.140. The molecule has 1 unspecified atom stereocenters. The molecule has 18 heavy (non-hydrogen) atoms. The molecule has 1 saturated carbocycles. The second-order valence-electron chi connectivity index (χ2n) is 5.35. The van der Waals surface area contributed by atoms with Gasteiger partial charge < -0.3 is 5.32 Å². The van der Waals surface area contributed by atoms with Crippen LogP contribution in [0.1, 0.15) is 50.3 Å². The van der Waals surface area contributed by atoms with Crippen LogP contribution >= 0.6 is 27.3 Å². The lowest BCUT2D eigenvalue weighted by Crippen LogP contribution is -2.37. The van der Waals surface area contributed by atoms with Crippen molar-refractivity contribution < 1.29 is 0 Å². The van der Waals surface area contributed by atoms with E-state index in [2.05, 4.69) is 39.6 Å². The summed E-state index contributed by atoms with van der Waals surface area (Å²) >= 11 is 5.45. The molecule has 2 rings (SSSR count). The van der Waals surface area contributed by atoms with Gasteiger partial charge in [-0.25, -0.2) is 0 Å². The van der Waals surface area contributed by atoms with Gasteiger partial charge in [0.25, 0.3) is 0 Å². The molecule has 1 heterocycles. The van der Waals surface area contributed by atoms with E-state index in [0.717, 1.165) is 12.5 Å². The van der Waals surface area contributed by atoms with Crippen molar-refractivity contribution >= 4 is 27.3 Å². The van der Waals surface area contributed by atoms with Crippen LogP contribution in [0.4, 0.5) is 0 Å². The fraction of sp³-hybridized carbons (Fsp3) is 0.733. The van der Waals surface area contributed by atoms with Crippen molar-refractivity contribution in [2.45, 2.75) is 57.9 Å². The minimum Gasteiger partial charge on any atom is -0.314 e. The van der Waals surface area contributed by atoms with Crippen LogP contribution in [-0.4, -0.2) is 12.6 Å². The maximum absolute atomic E-state index is 3.73. The van der Waals surface area contributed by atoms with Gasteiger partial charge in [0.1, 0.15) is 0 Å². The van der Waals surface area contributed by atoms with Crippen molar-refractivity contribution in [1.82, 2.24) is 5.32 Å². The molecule has 0 saturated heterocycles. The highest BCUT2D eigenvalue weighted by atomic mass is 79.9. The Labute approximate surface area is 123 Å².